The van der Waals surface area contributed by atoms with Gasteiger partial charge < -0.3 is 5.11 Å². The van der Waals surface area contributed by atoms with E-state index in [4.69, 9.17) is 10.4 Å². The lowest BCUT2D eigenvalue weighted by molar-refractivity contribution is -0.138. The van der Waals surface area contributed by atoms with Crippen LogP contribution in [0.3, 0.4) is 0 Å². The zero-order valence-corrected chi connectivity index (χ0v) is 7.96. The number of aromatic nitrogens is 1. The lowest BCUT2D eigenvalue weighted by Gasteiger charge is -2.12. The summed E-state index contributed by atoms with van der Waals surface area (Å²) >= 11 is 0. The van der Waals surface area contributed by atoms with Gasteiger partial charge in [-0.05, 0) is 12.5 Å². The minimum atomic E-state index is -4.78. The molecule has 84 valence electrons. The molecule has 0 bridgehead atoms. The molecule has 0 unspecified atom stereocenters. The van der Waals surface area contributed by atoms with E-state index in [1.807, 2.05) is 0 Å². The number of nitriles is 1. The number of hydrogen-bond donors (Lipinski definition) is 1. The van der Waals surface area contributed by atoms with Crippen molar-refractivity contribution in [3.8, 4) is 6.07 Å². The van der Waals surface area contributed by atoms with E-state index in [0.717, 1.165) is 6.92 Å². The van der Waals surface area contributed by atoms with Crippen LogP contribution in [0.15, 0.2) is 6.20 Å². The maximum Gasteiger partial charge on any atom is 0.418 e. The van der Waals surface area contributed by atoms with Gasteiger partial charge in [0.1, 0.15) is 6.07 Å². The van der Waals surface area contributed by atoms with Crippen LogP contribution >= 0.6 is 0 Å². The number of rotatable bonds is 1. The van der Waals surface area contributed by atoms with E-state index in [1.165, 1.54) is 6.07 Å². The molecule has 1 aromatic rings. The minimum Gasteiger partial charge on any atom is -0.477 e. The molecule has 0 aliphatic rings. The zero-order valence-electron chi connectivity index (χ0n) is 7.96. The highest BCUT2D eigenvalue weighted by Gasteiger charge is 2.37. The Bertz CT molecular complexity index is 489. The van der Waals surface area contributed by atoms with Gasteiger partial charge in [-0.3, -0.25) is 0 Å². The normalized spacial score (nSPS) is 10.9. The topological polar surface area (TPSA) is 74.0 Å². The van der Waals surface area contributed by atoms with Crippen molar-refractivity contribution in [2.45, 2.75) is 13.1 Å². The number of nitrogens with zero attached hydrogens (tertiary/aromatic N) is 2. The highest BCUT2D eigenvalue weighted by molar-refractivity contribution is 5.87. The van der Waals surface area contributed by atoms with Crippen LogP contribution in [0, 0.1) is 18.3 Å². The summed E-state index contributed by atoms with van der Waals surface area (Å²) in [6.07, 6.45) is -4.17. The number of halogens is 3. The first-order valence-electron chi connectivity index (χ1n) is 3.99. The van der Waals surface area contributed by atoms with Gasteiger partial charge in [-0.2, -0.15) is 18.4 Å². The summed E-state index contributed by atoms with van der Waals surface area (Å²) in [4.78, 5) is 13.9. The highest BCUT2D eigenvalue weighted by Crippen LogP contribution is 2.34. The van der Waals surface area contributed by atoms with Crippen molar-refractivity contribution in [3.05, 3.63) is 28.6 Å². The molecule has 0 saturated carbocycles. The molecule has 0 fully saturated rings. The summed E-state index contributed by atoms with van der Waals surface area (Å²) < 4.78 is 37.7. The van der Waals surface area contributed by atoms with Crippen molar-refractivity contribution in [1.82, 2.24) is 4.98 Å². The number of alkyl halides is 3. The third-order valence-corrected chi connectivity index (χ3v) is 1.93. The summed E-state index contributed by atoms with van der Waals surface area (Å²) in [5.41, 5.74) is -3.19. The molecule has 7 heteroatoms. The molecule has 0 spiro atoms. The van der Waals surface area contributed by atoms with Gasteiger partial charge in [0.05, 0.1) is 11.1 Å². The maximum atomic E-state index is 12.6. The standard InChI is InChI=1S/C9H5F3N2O2/c1-4-6(9(10,11)12)5(2-13)3-14-7(4)8(15)16/h3H,1H3,(H,15,16). The molecular formula is C9H5F3N2O2. The van der Waals surface area contributed by atoms with Gasteiger partial charge >= 0.3 is 12.1 Å². The first-order valence-corrected chi connectivity index (χ1v) is 3.99. The molecule has 0 radical (unpaired) electrons. The predicted molar refractivity (Wildman–Crippen MR) is 45.7 cm³/mol. The number of carboxylic acid groups (broad SMARTS) is 1. The molecule has 1 N–H and O–H groups in total. The van der Waals surface area contributed by atoms with E-state index in [0.29, 0.717) is 6.20 Å². The van der Waals surface area contributed by atoms with Gasteiger partial charge in [-0.15, -0.1) is 0 Å². The van der Waals surface area contributed by atoms with Crippen LogP contribution in [-0.2, 0) is 6.18 Å². The number of hydrogen-bond acceptors (Lipinski definition) is 3. The van der Waals surface area contributed by atoms with Crippen molar-refractivity contribution >= 4 is 5.97 Å². The Morgan fingerprint density at radius 2 is 2.12 bits per heavy atom. The van der Waals surface area contributed by atoms with Crippen LogP contribution in [0.4, 0.5) is 13.2 Å². The summed E-state index contributed by atoms with van der Waals surface area (Å²) in [7, 11) is 0. The van der Waals surface area contributed by atoms with Crippen molar-refractivity contribution in [1.29, 1.82) is 5.26 Å². The first kappa shape index (κ1) is 12.0. The van der Waals surface area contributed by atoms with Gasteiger partial charge in [0.15, 0.2) is 5.69 Å². The fourth-order valence-corrected chi connectivity index (χ4v) is 1.28. The largest absolute Gasteiger partial charge is 0.477 e. The fourth-order valence-electron chi connectivity index (χ4n) is 1.28. The number of aromatic carboxylic acids is 1. The van der Waals surface area contributed by atoms with Gasteiger partial charge in [-0.25, -0.2) is 9.78 Å². The zero-order chi connectivity index (χ0) is 12.5. The van der Waals surface area contributed by atoms with Crippen molar-refractivity contribution in [2.75, 3.05) is 0 Å². The number of pyridine rings is 1. The minimum absolute atomic E-state index is 0.556. The summed E-state index contributed by atoms with van der Waals surface area (Å²) in [5, 5.41) is 17.1. The average Bonchev–Trinajstić information content (AvgIpc) is 2.14. The Morgan fingerprint density at radius 3 is 2.50 bits per heavy atom. The van der Waals surface area contributed by atoms with Crippen LogP contribution in [0.2, 0.25) is 0 Å². The quantitative estimate of drug-likeness (QED) is 0.800. The van der Waals surface area contributed by atoms with Gasteiger partial charge in [-0.1, -0.05) is 0 Å². The smallest absolute Gasteiger partial charge is 0.418 e. The second kappa shape index (κ2) is 3.81. The summed E-state index contributed by atoms with van der Waals surface area (Å²) in [6.45, 7) is 0.972. The van der Waals surface area contributed by atoms with E-state index in [9.17, 15) is 18.0 Å². The third-order valence-electron chi connectivity index (χ3n) is 1.93. The van der Waals surface area contributed by atoms with E-state index in [2.05, 4.69) is 4.98 Å². The van der Waals surface area contributed by atoms with E-state index in [1.54, 1.807) is 0 Å². The molecule has 0 aliphatic heterocycles. The van der Waals surface area contributed by atoms with Crippen molar-refractivity contribution in [2.24, 2.45) is 0 Å². The van der Waals surface area contributed by atoms with Crippen LogP contribution < -0.4 is 0 Å². The molecule has 1 aromatic heterocycles. The molecule has 0 aliphatic carbocycles. The molecule has 1 rings (SSSR count). The molecular weight excluding hydrogens is 225 g/mol. The Hall–Kier alpha value is -2.10. The number of carbonyl (C=O) groups is 1. The van der Waals surface area contributed by atoms with Crippen LogP contribution in [0.5, 0.6) is 0 Å². The second-order valence-corrected chi connectivity index (χ2v) is 2.94. The maximum absolute atomic E-state index is 12.6. The Morgan fingerprint density at radius 1 is 1.56 bits per heavy atom. The van der Waals surface area contributed by atoms with Crippen molar-refractivity contribution < 1.29 is 23.1 Å². The molecule has 0 aromatic carbocycles. The first-order chi connectivity index (χ1) is 7.29. The summed E-state index contributed by atoms with van der Waals surface area (Å²) in [5.74, 6) is -1.56. The van der Waals surface area contributed by atoms with Gasteiger partial charge in [0, 0.05) is 6.20 Å². The average molecular weight is 230 g/mol. The van der Waals surface area contributed by atoms with E-state index >= 15 is 0 Å². The highest BCUT2D eigenvalue weighted by atomic mass is 19.4. The lowest BCUT2D eigenvalue weighted by atomic mass is 10.0. The van der Waals surface area contributed by atoms with E-state index in [-0.39, 0.29) is 0 Å². The Kier molecular flexibility index (Phi) is 2.85. The number of carboxylic acids is 1. The molecule has 0 atom stereocenters. The third kappa shape index (κ3) is 1.95. The van der Waals surface area contributed by atoms with Crippen LogP contribution in [0.25, 0.3) is 0 Å². The van der Waals surface area contributed by atoms with Crippen LogP contribution in [0.1, 0.15) is 27.2 Å². The van der Waals surface area contributed by atoms with Gasteiger partial charge in [0.2, 0.25) is 0 Å². The SMILES string of the molecule is Cc1c(C(=O)O)ncc(C#N)c1C(F)(F)F. The molecule has 16 heavy (non-hydrogen) atoms. The predicted octanol–water partition coefficient (Wildman–Crippen LogP) is 1.98. The summed E-state index contributed by atoms with van der Waals surface area (Å²) in [6, 6.07) is 1.33. The fraction of sp³-hybridized carbons (Fsp3) is 0.222. The van der Waals surface area contributed by atoms with E-state index < -0.39 is 34.5 Å². The Balaban J connectivity index is 3.62. The Labute approximate surface area is 88.0 Å². The lowest BCUT2D eigenvalue weighted by Crippen LogP contribution is -2.15. The second-order valence-electron chi connectivity index (χ2n) is 2.94. The molecule has 1 heterocycles. The monoisotopic (exact) mass is 230 g/mol. The molecule has 4 nitrogen and oxygen atoms in total. The van der Waals surface area contributed by atoms with Crippen LogP contribution in [-0.4, -0.2) is 16.1 Å². The molecule has 0 amide bonds. The molecule has 0 saturated heterocycles. The van der Waals surface area contributed by atoms with Gasteiger partial charge in [0.25, 0.3) is 0 Å². The van der Waals surface area contributed by atoms with Crippen molar-refractivity contribution in [3.63, 3.8) is 0 Å².